The van der Waals surface area contributed by atoms with Gasteiger partial charge in [0.1, 0.15) is 0 Å². The highest BCUT2D eigenvalue weighted by Gasteiger charge is 2.31. The van der Waals surface area contributed by atoms with Crippen LogP contribution >= 0.6 is 0 Å². The van der Waals surface area contributed by atoms with Gasteiger partial charge in [-0.2, -0.15) is 0 Å². The van der Waals surface area contributed by atoms with E-state index in [-0.39, 0.29) is 0 Å². The number of anilines is 1. The number of likely N-dealkylation sites (tertiary alicyclic amines) is 1. The minimum absolute atomic E-state index is 0.431. The van der Waals surface area contributed by atoms with Gasteiger partial charge in [0.2, 0.25) is 5.95 Å². The van der Waals surface area contributed by atoms with Crippen molar-refractivity contribution in [1.29, 1.82) is 0 Å². The maximum Gasteiger partial charge on any atom is 0.225 e. The Balaban J connectivity index is 1.40. The first-order valence-electron chi connectivity index (χ1n) is 10.8. The molecule has 0 amide bonds. The van der Waals surface area contributed by atoms with Crippen LogP contribution in [0.4, 0.5) is 5.95 Å². The summed E-state index contributed by atoms with van der Waals surface area (Å²) in [5.74, 6) is 1.92. The Hall–Kier alpha value is -1.89. The highest BCUT2D eigenvalue weighted by molar-refractivity contribution is 5.80. The van der Waals surface area contributed by atoms with E-state index in [9.17, 15) is 0 Å². The van der Waals surface area contributed by atoms with Crippen LogP contribution in [0.2, 0.25) is 0 Å². The Kier molecular flexibility index (Phi) is 7.48. The lowest BCUT2D eigenvalue weighted by Crippen LogP contribution is -2.52. The Labute approximate surface area is 170 Å². The molecule has 0 aromatic carbocycles. The normalized spacial score (nSPS) is 24.5. The summed E-state index contributed by atoms with van der Waals surface area (Å²) >= 11 is 0. The highest BCUT2D eigenvalue weighted by Crippen LogP contribution is 2.33. The monoisotopic (exact) mass is 387 g/mol. The number of aromatic nitrogens is 2. The van der Waals surface area contributed by atoms with E-state index in [1.54, 1.807) is 0 Å². The van der Waals surface area contributed by atoms with Gasteiger partial charge in [-0.3, -0.25) is 9.89 Å². The van der Waals surface area contributed by atoms with E-state index in [1.165, 1.54) is 25.7 Å². The van der Waals surface area contributed by atoms with E-state index in [4.69, 9.17) is 0 Å². The lowest BCUT2D eigenvalue weighted by atomic mass is 9.78. The lowest BCUT2D eigenvalue weighted by Gasteiger charge is -2.42. The van der Waals surface area contributed by atoms with Crippen molar-refractivity contribution in [1.82, 2.24) is 25.1 Å². The predicted octanol–water partition coefficient (Wildman–Crippen LogP) is 2.08. The van der Waals surface area contributed by atoms with Crippen LogP contribution in [0, 0.1) is 5.41 Å². The summed E-state index contributed by atoms with van der Waals surface area (Å²) in [6, 6.07) is 1.87. The first kappa shape index (κ1) is 20.8. The summed E-state index contributed by atoms with van der Waals surface area (Å²) in [6.45, 7) is 13.0. The first-order chi connectivity index (χ1) is 13.6. The zero-order chi connectivity index (χ0) is 19.8. The number of aliphatic imine (C=N–C) groups is 1. The molecule has 3 heterocycles. The number of piperidine rings is 1. The zero-order valence-electron chi connectivity index (χ0n) is 17.9. The number of hydrogen-bond donors (Lipinski definition) is 1. The van der Waals surface area contributed by atoms with Gasteiger partial charge in [0.25, 0.3) is 0 Å². The molecule has 1 unspecified atom stereocenters. The van der Waals surface area contributed by atoms with Crippen molar-refractivity contribution in [3.63, 3.8) is 0 Å². The molecule has 1 atom stereocenters. The molecular formula is C21H37N7. The van der Waals surface area contributed by atoms with Crippen LogP contribution in [-0.4, -0.2) is 85.1 Å². The smallest absolute Gasteiger partial charge is 0.225 e. The molecule has 7 heteroatoms. The molecule has 2 fully saturated rings. The third kappa shape index (κ3) is 5.56. The van der Waals surface area contributed by atoms with Gasteiger partial charge in [-0.25, -0.2) is 9.97 Å². The maximum atomic E-state index is 4.56. The van der Waals surface area contributed by atoms with E-state index in [0.29, 0.717) is 5.41 Å². The molecule has 0 radical (unpaired) electrons. The van der Waals surface area contributed by atoms with E-state index >= 15 is 0 Å². The van der Waals surface area contributed by atoms with Crippen molar-refractivity contribution in [2.45, 2.75) is 39.5 Å². The summed E-state index contributed by atoms with van der Waals surface area (Å²) in [6.07, 6.45) is 8.80. The fourth-order valence-corrected chi connectivity index (χ4v) is 4.59. The molecular weight excluding hydrogens is 350 g/mol. The molecule has 0 bridgehead atoms. The molecule has 2 aliphatic rings. The van der Waals surface area contributed by atoms with Crippen LogP contribution < -0.4 is 10.2 Å². The summed E-state index contributed by atoms with van der Waals surface area (Å²) in [5, 5.41) is 3.61. The average Bonchev–Trinajstić information content (AvgIpc) is 2.72. The topological polar surface area (TPSA) is 59.9 Å². The van der Waals surface area contributed by atoms with Crippen LogP contribution in [0.25, 0.3) is 0 Å². The number of guanidine groups is 1. The van der Waals surface area contributed by atoms with Crippen LogP contribution in [0.1, 0.15) is 39.5 Å². The highest BCUT2D eigenvalue weighted by atomic mass is 15.3. The van der Waals surface area contributed by atoms with E-state index < -0.39 is 0 Å². The second-order valence-electron chi connectivity index (χ2n) is 8.44. The van der Waals surface area contributed by atoms with Crippen LogP contribution in [-0.2, 0) is 0 Å². The number of rotatable bonds is 6. The Bertz CT molecular complexity index is 608. The number of hydrogen-bond acceptors (Lipinski definition) is 5. The van der Waals surface area contributed by atoms with Crippen molar-refractivity contribution < 1.29 is 0 Å². The van der Waals surface area contributed by atoms with Crippen LogP contribution in [0.5, 0.6) is 0 Å². The van der Waals surface area contributed by atoms with Gasteiger partial charge in [0.05, 0.1) is 0 Å². The summed E-state index contributed by atoms with van der Waals surface area (Å²) < 4.78 is 0. The van der Waals surface area contributed by atoms with Gasteiger partial charge in [0, 0.05) is 71.8 Å². The van der Waals surface area contributed by atoms with Crippen molar-refractivity contribution in [3.8, 4) is 0 Å². The van der Waals surface area contributed by atoms with Crippen LogP contribution in [0.15, 0.2) is 23.5 Å². The van der Waals surface area contributed by atoms with Crippen molar-refractivity contribution >= 4 is 11.9 Å². The largest absolute Gasteiger partial charge is 0.355 e. The number of nitrogens with one attached hydrogen (secondary N) is 1. The van der Waals surface area contributed by atoms with Gasteiger partial charge < -0.3 is 15.1 Å². The molecule has 1 aromatic rings. The lowest BCUT2D eigenvalue weighted by molar-refractivity contribution is 0.142. The summed E-state index contributed by atoms with van der Waals surface area (Å²) in [5.41, 5.74) is 0.431. The van der Waals surface area contributed by atoms with Gasteiger partial charge in [-0.1, -0.05) is 20.3 Å². The van der Waals surface area contributed by atoms with Gasteiger partial charge in [-0.15, -0.1) is 0 Å². The molecule has 1 N–H and O–H groups in total. The molecule has 2 saturated heterocycles. The minimum atomic E-state index is 0.431. The molecule has 0 saturated carbocycles. The quantitative estimate of drug-likeness (QED) is 0.596. The maximum absolute atomic E-state index is 4.56. The predicted molar refractivity (Wildman–Crippen MR) is 116 cm³/mol. The Morgan fingerprint density at radius 2 is 1.93 bits per heavy atom. The van der Waals surface area contributed by atoms with Crippen molar-refractivity contribution in [2.75, 3.05) is 64.3 Å². The number of piperazine rings is 1. The Morgan fingerprint density at radius 1 is 1.18 bits per heavy atom. The summed E-state index contributed by atoms with van der Waals surface area (Å²) in [4.78, 5) is 20.5. The SMILES string of the molecule is CCCC1(C)CCCN(C(=NC)NCCN2CCN(c3ncccn3)CC2)C1. The molecule has 28 heavy (non-hydrogen) atoms. The van der Waals surface area contributed by atoms with Crippen LogP contribution in [0.3, 0.4) is 0 Å². The standard InChI is InChI=1S/C21H37N7/c1-4-7-21(2)8-5-12-28(18-21)19(22-3)25-11-13-26-14-16-27(17-15-26)20-23-9-6-10-24-20/h6,9-10H,4-5,7-8,11-18H2,1-3H3,(H,22,25). The average molecular weight is 388 g/mol. The van der Waals surface area contributed by atoms with Crippen molar-refractivity contribution in [2.24, 2.45) is 10.4 Å². The van der Waals surface area contributed by atoms with Gasteiger partial charge >= 0.3 is 0 Å². The zero-order valence-corrected chi connectivity index (χ0v) is 17.9. The number of nitrogens with zero attached hydrogens (tertiary/aromatic N) is 6. The molecule has 7 nitrogen and oxygen atoms in total. The van der Waals surface area contributed by atoms with E-state index in [0.717, 1.165) is 64.3 Å². The minimum Gasteiger partial charge on any atom is -0.355 e. The van der Waals surface area contributed by atoms with Crippen molar-refractivity contribution in [3.05, 3.63) is 18.5 Å². The Morgan fingerprint density at radius 3 is 2.61 bits per heavy atom. The van der Waals surface area contributed by atoms with E-state index in [2.05, 4.69) is 48.8 Å². The van der Waals surface area contributed by atoms with Gasteiger partial charge in [-0.05, 0) is 30.7 Å². The fraction of sp³-hybridized carbons (Fsp3) is 0.762. The third-order valence-corrected chi connectivity index (χ3v) is 6.06. The van der Waals surface area contributed by atoms with Gasteiger partial charge in [0.15, 0.2) is 5.96 Å². The fourth-order valence-electron chi connectivity index (χ4n) is 4.59. The summed E-state index contributed by atoms with van der Waals surface area (Å²) in [7, 11) is 1.91. The van der Waals surface area contributed by atoms with E-state index in [1.807, 2.05) is 25.5 Å². The molecule has 156 valence electrons. The second kappa shape index (κ2) is 10.0. The second-order valence-corrected chi connectivity index (χ2v) is 8.44. The molecule has 3 rings (SSSR count). The molecule has 0 spiro atoms. The molecule has 2 aliphatic heterocycles. The molecule has 1 aromatic heterocycles. The third-order valence-electron chi connectivity index (χ3n) is 6.06. The first-order valence-corrected chi connectivity index (χ1v) is 10.8. The molecule has 0 aliphatic carbocycles.